The molecule has 162 valence electrons. The van der Waals surface area contributed by atoms with Crippen LogP contribution in [0.2, 0.25) is 0 Å². The van der Waals surface area contributed by atoms with Gasteiger partial charge in [0, 0.05) is 30.8 Å². The van der Waals surface area contributed by atoms with Gasteiger partial charge in [0.1, 0.15) is 11.9 Å². The lowest BCUT2D eigenvalue weighted by Gasteiger charge is -2.27. The lowest BCUT2D eigenvalue weighted by atomic mass is 10.1. The SMILES string of the molecule is C[C@H](N=C1NS(=O)(=O)c2ccccc21)C(=O)NCc1cccc(N2CCCCC2=O)c1. The first-order valence-corrected chi connectivity index (χ1v) is 11.7. The van der Waals surface area contributed by atoms with Gasteiger partial charge in [-0.15, -0.1) is 0 Å². The minimum Gasteiger partial charge on any atom is -0.350 e. The number of sulfonamides is 1. The average molecular weight is 441 g/mol. The maximum absolute atomic E-state index is 12.6. The van der Waals surface area contributed by atoms with Crippen molar-refractivity contribution in [2.45, 2.75) is 43.7 Å². The van der Waals surface area contributed by atoms with Crippen LogP contribution in [0.1, 0.15) is 37.3 Å². The van der Waals surface area contributed by atoms with Gasteiger partial charge >= 0.3 is 0 Å². The van der Waals surface area contributed by atoms with Crippen LogP contribution in [0, 0.1) is 0 Å². The van der Waals surface area contributed by atoms with Crippen molar-refractivity contribution < 1.29 is 18.0 Å². The Morgan fingerprint density at radius 3 is 2.81 bits per heavy atom. The summed E-state index contributed by atoms with van der Waals surface area (Å²) in [5, 5.41) is 2.83. The molecule has 8 nitrogen and oxygen atoms in total. The number of anilines is 1. The van der Waals surface area contributed by atoms with Crippen LogP contribution >= 0.6 is 0 Å². The Bertz CT molecular complexity index is 1160. The Hall–Kier alpha value is -3.20. The summed E-state index contributed by atoms with van der Waals surface area (Å²) in [4.78, 5) is 30.9. The highest BCUT2D eigenvalue weighted by Crippen LogP contribution is 2.23. The predicted octanol–water partition coefficient (Wildman–Crippen LogP) is 1.95. The van der Waals surface area contributed by atoms with E-state index >= 15 is 0 Å². The molecule has 0 aliphatic carbocycles. The van der Waals surface area contributed by atoms with E-state index in [9.17, 15) is 18.0 Å². The van der Waals surface area contributed by atoms with Gasteiger partial charge in [-0.2, -0.15) is 0 Å². The van der Waals surface area contributed by atoms with Crippen molar-refractivity contribution in [3.63, 3.8) is 0 Å². The number of carbonyl (C=O) groups excluding carboxylic acids is 2. The van der Waals surface area contributed by atoms with Crippen LogP contribution in [0.3, 0.4) is 0 Å². The predicted molar refractivity (Wildman–Crippen MR) is 117 cm³/mol. The molecule has 0 bridgehead atoms. The molecule has 0 radical (unpaired) electrons. The third kappa shape index (κ3) is 4.46. The highest BCUT2D eigenvalue weighted by molar-refractivity contribution is 7.90. The molecule has 0 spiro atoms. The summed E-state index contributed by atoms with van der Waals surface area (Å²) in [5.74, 6) is -0.0319. The summed E-state index contributed by atoms with van der Waals surface area (Å²) in [7, 11) is -3.65. The second kappa shape index (κ2) is 8.50. The van der Waals surface area contributed by atoms with E-state index < -0.39 is 16.1 Å². The molecule has 31 heavy (non-hydrogen) atoms. The minimum atomic E-state index is -3.65. The lowest BCUT2D eigenvalue weighted by molar-refractivity contribution is -0.122. The number of hydrogen-bond acceptors (Lipinski definition) is 5. The van der Waals surface area contributed by atoms with Gasteiger partial charge in [-0.1, -0.05) is 24.3 Å². The molecule has 0 saturated carbocycles. The van der Waals surface area contributed by atoms with Crippen molar-refractivity contribution >= 4 is 33.4 Å². The zero-order chi connectivity index (χ0) is 22.0. The van der Waals surface area contributed by atoms with Gasteiger partial charge in [-0.3, -0.25) is 19.3 Å². The zero-order valence-corrected chi connectivity index (χ0v) is 18.0. The molecule has 9 heteroatoms. The summed E-state index contributed by atoms with van der Waals surface area (Å²) in [6.45, 7) is 2.60. The van der Waals surface area contributed by atoms with Gasteiger partial charge in [0.2, 0.25) is 11.8 Å². The first-order chi connectivity index (χ1) is 14.8. The first-order valence-electron chi connectivity index (χ1n) is 10.2. The van der Waals surface area contributed by atoms with E-state index in [2.05, 4.69) is 15.0 Å². The number of hydrogen-bond donors (Lipinski definition) is 2. The second-order valence-electron chi connectivity index (χ2n) is 7.65. The number of piperidine rings is 1. The fourth-order valence-corrected chi connectivity index (χ4v) is 4.97. The number of rotatable bonds is 5. The van der Waals surface area contributed by atoms with E-state index in [1.807, 2.05) is 24.3 Å². The second-order valence-corrected chi connectivity index (χ2v) is 9.30. The smallest absolute Gasteiger partial charge is 0.263 e. The Morgan fingerprint density at radius 2 is 2.00 bits per heavy atom. The van der Waals surface area contributed by atoms with Gasteiger partial charge in [-0.05, 0) is 49.6 Å². The molecule has 2 aromatic carbocycles. The highest BCUT2D eigenvalue weighted by atomic mass is 32.2. The van der Waals surface area contributed by atoms with Crippen molar-refractivity contribution in [3.05, 3.63) is 59.7 Å². The monoisotopic (exact) mass is 440 g/mol. The van der Waals surface area contributed by atoms with Crippen LogP contribution in [-0.4, -0.2) is 38.7 Å². The number of nitrogens with one attached hydrogen (secondary N) is 2. The van der Waals surface area contributed by atoms with Crippen LogP contribution in [0.15, 0.2) is 58.4 Å². The van der Waals surface area contributed by atoms with Crippen molar-refractivity contribution in [2.24, 2.45) is 4.99 Å². The van der Waals surface area contributed by atoms with Gasteiger partial charge in [0.05, 0.1) is 4.90 Å². The standard InChI is InChI=1S/C22H24N4O4S/c1-15(24-21-18-9-2-3-10-19(18)31(29,30)25-21)22(28)23-14-16-7-6-8-17(13-16)26-12-5-4-11-20(26)27/h2-3,6-10,13,15H,4-5,11-12,14H2,1H3,(H,23,28)(H,24,25)/t15-/m0/s1. The topological polar surface area (TPSA) is 108 Å². The Labute approximate surface area is 181 Å². The molecule has 1 atom stereocenters. The van der Waals surface area contributed by atoms with Gasteiger partial charge in [0.25, 0.3) is 10.0 Å². The largest absolute Gasteiger partial charge is 0.350 e. The number of nitrogens with zero attached hydrogens (tertiary/aromatic N) is 2. The van der Waals surface area contributed by atoms with E-state index in [4.69, 9.17) is 0 Å². The molecule has 4 rings (SSSR count). The number of amidine groups is 1. The molecule has 2 aliphatic rings. The van der Waals surface area contributed by atoms with Crippen molar-refractivity contribution in [1.82, 2.24) is 10.0 Å². The average Bonchev–Trinajstić information content (AvgIpc) is 3.02. The summed E-state index contributed by atoms with van der Waals surface area (Å²) in [5.41, 5.74) is 2.17. The van der Waals surface area contributed by atoms with Crippen LogP contribution in [0.25, 0.3) is 0 Å². The van der Waals surface area contributed by atoms with E-state index in [1.54, 1.807) is 30.0 Å². The van der Waals surface area contributed by atoms with Gasteiger partial charge < -0.3 is 10.2 Å². The van der Waals surface area contributed by atoms with Gasteiger partial charge in [-0.25, -0.2) is 8.42 Å². The Morgan fingerprint density at radius 1 is 1.19 bits per heavy atom. The molecule has 2 amide bonds. The van der Waals surface area contributed by atoms with Crippen molar-refractivity contribution in [2.75, 3.05) is 11.4 Å². The molecule has 2 aromatic rings. The molecular weight excluding hydrogens is 416 g/mol. The summed E-state index contributed by atoms with van der Waals surface area (Å²) in [6.07, 6.45) is 2.47. The summed E-state index contributed by atoms with van der Waals surface area (Å²) < 4.78 is 26.8. The van der Waals surface area contributed by atoms with Crippen molar-refractivity contribution in [3.8, 4) is 0 Å². The normalized spacial score (nSPS) is 19.6. The van der Waals surface area contributed by atoms with E-state index in [0.29, 0.717) is 18.5 Å². The van der Waals surface area contributed by atoms with Crippen LogP contribution in [0.5, 0.6) is 0 Å². The summed E-state index contributed by atoms with van der Waals surface area (Å²) in [6, 6.07) is 13.3. The number of benzene rings is 2. The molecule has 0 unspecified atom stereocenters. The highest BCUT2D eigenvalue weighted by Gasteiger charge is 2.31. The number of fused-ring (bicyclic) bond motifs is 1. The van der Waals surface area contributed by atoms with E-state index in [0.717, 1.165) is 24.1 Å². The van der Waals surface area contributed by atoms with Gasteiger partial charge in [0.15, 0.2) is 0 Å². The number of carbonyl (C=O) groups is 2. The Kier molecular flexibility index (Phi) is 5.77. The molecule has 2 heterocycles. The molecule has 1 saturated heterocycles. The zero-order valence-electron chi connectivity index (χ0n) is 17.2. The number of aliphatic imine (C=N–C) groups is 1. The molecule has 0 aromatic heterocycles. The third-order valence-electron chi connectivity index (χ3n) is 5.38. The van der Waals surface area contributed by atoms with E-state index in [1.165, 1.54) is 6.07 Å². The fourth-order valence-electron chi connectivity index (χ4n) is 3.73. The fraction of sp³-hybridized carbons (Fsp3) is 0.318. The first kappa shape index (κ1) is 21.0. The number of amides is 2. The molecule has 2 aliphatic heterocycles. The van der Waals surface area contributed by atoms with E-state index in [-0.39, 0.29) is 29.1 Å². The van der Waals surface area contributed by atoms with Crippen LogP contribution in [-0.2, 0) is 26.2 Å². The molecule has 1 fully saturated rings. The maximum Gasteiger partial charge on any atom is 0.263 e. The summed E-state index contributed by atoms with van der Waals surface area (Å²) >= 11 is 0. The Balaban J connectivity index is 1.42. The van der Waals surface area contributed by atoms with Crippen LogP contribution < -0.4 is 14.9 Å². The minimum absolute atomic E-state index is 0.121. The quantitative estimate of drug-likeness (QED) is 0.741. The lowest BCUT2D eigenvalue weighted by Crippen LogP contribution is -2.35. The van der Waals surface area contributed by atoms with Crippen molar-refractivity contribution in [1.29, 1.82) is 0 Å². The van der Waals surface area contributed by atoms with Crippen LogP contribution in [0.4, 0.5) is 5.69 Å². The molecule has 2 N–H and O–H groups in total. The maximum atomic E-state index is 12.6. The molecular formula is C22H24N4O4S. The third-order valence-corrected chi connectivity index (χ3v) is 6.77.